The Balaban J connectivity index is 2.52. The van der Waals surface area contributed by atoms with E-state index in [9.17, 15) is 9.90 Å². The summed E-state index contributed by atoms with van der Waals surface area (Å²) in [6.07, 6.45) is 0. The zero-order chi connectivity index (χ0) is 16.7. The molecule has 1 aromatic heterocycles. The van der Waals surface area contributed by atoms with Crippen molar-refractivity contribution < 1.29 is 9.90 Å². The van der Waals surface area contributed by atoms with Crippen molar-refractivity contribution >= 4 is 17.3 Å². The van der Waals surface area contributed by atoms with E-state index < -0.39 is 5.97 Å². The molecule has 0 saturated carbocycles. The number of hydrogen-bond donors (Lipinski definition) is 1. The van der Waals surface area contributed by atoms with Gasteiger partial charge in [-0.25, -0.2) is 9.78 Å². The maximum absolute atomic E-state index is 11.5. The highest BCUT2D eigenvalue weighted by atomic mass is 32.1. The van der Waals surface area contributed by atoms with Crippen LogP contribution in [0.4, 0.5) is 0 Å². The van der Waals surface area contributed by atoms with Crippen molar-refractivity contribution in [3.63, 3.8) is 0 Å². The Morgan fingerprint density at radius 2 is 1.55 bits per heavy atom. The molecule has 2 aromatic rings. The fourth-order valence-corrected chi connectivity index (χ4v) is 3.09. The van der Waals surface area contributed by atoms with E-state index in [4.69, 9.17) is 0 Å². The molecule has 118 valence electrons. The molecule has 3 nitrogen and oxygen atoms in total. The van der Waals surface area contributed by atoms with Gasteiger partial charge in [-0.05, 0) is 11.0 Å². The number of aromatic carboxylic acids is 1. The zero-order valence-corrected chi connectivity index (χ0v) is 14.8. The van der Waals surface area contributed by atoms with Crippen molar-refractivity contribution in [2.45, 2.75) is 52.4 Å². The number of aromatic nitrogens is 1. The largest absolute Gasteiger partial charge is 0.477 e. The normalized spacial score (nSPS) is 12.5. The molecule has 1 N–H and O–H groups in total. The van der Waals surface area contributed by atoms with Crippen molar-refractivity contribution in [2.75, 3.05) is 0 Å². The van der Waals surface area contributed by atoms with Crippen LogP contribution in [0.25, 0.3) is 11.3 Å². The van der Waals surface area contributed by atoms with E-state index in [1.807, 2.05) is 32.9 Å². The highest BCUT2D eigenvalue weighted by Gasteiger charge is 2.25. The average Bonchev–Trinajstić information content (AvgIpc) is 2.82. The molecule has 0 amide bonds. The standard InChI is InChI=1S/C18H23NO2S/c1-17(2,3)12-9-7-11(8-10-12)13-14(15(20)21)22-16(19-13)18(4,5)6/h7-10H,1-6H3,(H,20,21). The lowest BCUT2D eigenvalue weighted by Gasteiger charge is -2.19. The highest BCUT2D eigenvalue weighted by molar-refractivity contribution is 7.14. The summed E-state index contributed by atoms with van der Waals surface area (Å²) < 4.78 is 0. The molecular weight excluding hydrogens is 294 g/mol. The smallest absolute Gasteiger partial charge is 0.348 e. The first-order valence-electron chi connectivity index (χ1n) is 7.35. The quantitative estimate of drug-likeness (QED) is 0.838. The van der Waals surface area contributed by atoms with E-state index in [2.05, 4.69) is 37.9 Å². The molecule has 0 spiro atoms. The third kappa shape index (κ3) is 3.38. The molecule has 0 radical (unpaired) electrons. The Kier molecular flexibility index (Phi) is 4.18. The number of carboxylic acid groups (broad SMARTS) is 1. The molecular formula is C18H23NO2S. The molecule has 0 saturated heterocycles. The summed E-state index contributed by atoms with van der Waals surface area (Å²) in [5.41, 5.74) is 2.57. The van der Waals surface area contributed by atoms with Gasteiger partial charge >= 0.3 is 5.97 Å². The monoisotopic (exact) mass is 317 g/mol. The number of nitrogens with zero attached hydrogens (tertiary/aromatic N) is 1. The molecule has 0 aliphatic carbocycles. The summed E-state index contributed by atoms with van der Waals surface area (Å²) >= 11 is 1.27. The summed E-state index contributed by atoms with van der Waals surface area (Å²) in [6.45, 7) is 12.6. The SMILES string of the molecule is CC(C)(C)c1ccc(-c2nc(C(C)(C)C)sc2C(=O)O)cc1. The van der Waals surface area contributed by atoms with E-state index in [1.54, 1.807) is 0 Å². The Morgan fingerprint density at radius 3 is 1.95 bits per heavy atom. The van der Waals surface area contributed by atoms with E-state index >= 15 is 0 Å². The summed E-state index contributed by atoms with van der Waals surface area (Å²) in [4.78, 5) is 16.4. The summed E-state index contributed by atoms with van der Waals surface area (Å²) in [5, 5.41) is 10.3. The number of carbonyl (C=O) groups is 1. The molecule has 0 fully saturated rings. The predicted octanol–water partition coefficient (Wildman–Crippen LogP) is 5.10. The van der Waals surface area contributed by atoms with Gasteiger partial charge in [-0.15, -0.1) is 11.3 Å². The Morgan fingerprint density at radius 1 is 1.00 bits per heavy atom. The number of hydrogen-bond acceptors (Lipinski definition) is 3. The summed E-state index contributed by atoms with van der Waals surface area (Å²) in [7, 11) is 0. The minimum absolute atomic E-state index is 0.0762. The maximum Gasteiger partial charge on any atom is 0.348 e. The third-order valence-corrected chi connectivity index (χ3v) is 4.96. The third-order valence-electron chi connectivity index (χ3n) is 3.49. The molecule has 0 atom stereocenters. The van der Waals surface area contributed by atoms with Gasteiger partial charge in [-0.2, -0.15) is 0 Å². The van der Waals surface area contributed by atoms with Crippen molar-refractivity contribution in [2.24, 2.45) is 0 Å². The maximum atomic E-state index is 11.5. The lowest BCUT2D eigenvalue weighted by molar-refractivity contribution is 0.0702. The molecule has 1 aromatic carbocycles. The Labute approximate surface area is 136 Å². The first-order chi connectivity index (χ1) is 10.00. The second-order valence-corrected chi connectivity index (χ2v) is 8.58. The zero-order valence-electron chi connectivity index (χ0n) is 14.0. The van der Waals surface area contributed by atoms with Crippen LogP contribution >= 0.6 is 11.3 Å². The van der Waals surface area contributed by atoms with Gasteiger partial charge in [0.05, 0.1) is 10.7 Å². The van der Waals surface area contributed by atoms with Gasteiger partial charge in [0.15, 0.2) is 0 Å². The fourth-order valence-electron chi connectivity index (χ4n) is 2.11. The van der Waals surface area contributed by atoms with Crippen LogP contribution in [-0.2, 0) is 10.8 Å². The number of carboxylic acids is 1. The van der Waals surface area contributed by atoms with Crippen molar-refractivity contribution in [1.82, 2.24) is 4.98 Å². The van der Waals surface area contributed by atoms with E-state index in [0.29, 0.717) is 10.6 Å². The second kappa shape index (κ2) is 5.51. The van der Waals surface area contributed by atoms with Crippen LogP contribution in [0.1, 0.15) is 61.8 Å². The van der Waals surface area contributed by atoms with Gasteiger partial charge in [-0.1, -0.05) is 65.8 Å². The molecule has 0 aliphatic heterocycles. The molecule has 1 heterocycles. The van der Waals surface area contributed by atoms with Crippen LogP contribution in [0.3, 0.4) is 0 Å². The Hall–Kier alpha value is -1.68. The fraction of sp³-hybridized carbons (Fsp3) is 0.444. The minimum Gasteiger partial charge on any atom is -0.477 e. The van der Waals surface area contributed by atoms with Gasteiger partial charge in [0.1, 0.15) is 4.88 Å². The van der Waals surface area contributed by atoms with Crippen LogP contribution in [0, 0.1) is 0 Å². The Bertz CT molecular complexity index is 685. The van der Waals surface area contributed by atoms with Gasteiger partial charge in [0.25, 0.3) is 0 Å². The molecule has 0 aliphatic rings. The summed E-state index contributed by atoms with van der Waals surface area (Å²) in [5.74, 6) is -0.914. The van der Waals surface area contributed by atoms with Crippen molar-refractivity contribution in [1.29, 1.82) is 0 Å². The molecule has 0 bridgehead atoms. The van der Waals surface area contributed by atoms with Crippen LogP contribution in [0.15, 0.2) is 24.3 Å². The van der Waals surface area contributed by atoms with E-state index in [0.717, 1.165) is 10.6 Å². The molecule has 22 heavy (non-hydrogen) atoms. The van der Waals surface area contributed by atoms with Crippen LogP contribution < -0.4 is 0 Å². The number of benzene rings is 1. The van der Waals surface area contributed by atoms with E-state index in [1.165, 1.54) is 16.9 Å². The topological polar surface area (TPSA) is 50.2 Å². The van der Waals surface area contributed by atoms with Gasteiger partial charge in [0, 0.05) is 11.0 Å². The van der Waals surface area contributed by atoms with Crippen molar-refractivity contribution in [3.8, 4) is 11.3 Å². The van der Waals surface area contributed by atoms with Crippen LogP contribution in [0.5, 0.6) is 0 Å². The lowest BCUT2D eigenvalue weighted by Crippen LogP contribution is -2.10. The van der Waals surface area contributed by atoms with Crippen LogP contribution in [0.2, 0.25) is 0 Å². The molecule has 4 heteroatoms. The van der Waals surface area contributed by atoms with Gasteiger partial charge in [0.2, 0.25) is 0 Å². The van der Waals surface area contributed by atoms with E-state index in [-0.39, 0.29) is 10.8 Å². The van der Waals surface area contributed by atoms with Crippen molar-refractivity contribution in [3.05, 3.63) is 39.7 Å². The number of thiazole rings is 1. The predicted molar refractivity (Wildman–Crippen MR) is 91.9 cm³/mol. The van der Waals surface area contributed by atoms with Crippen LogP contribution in [-0.4, -0.2) is 16.1 Å². The first-order valence-corrected chi connectivity index (χ1v) is 8.17. The lowest BCUT2D eigenvalue weighted by atomic mass is 9.86. The first kappa shape index (κ1) is 16.7. The number of rotatable bonds is 2. The molecule has 0 unspecified atom stereocenters. The van der Waals surface area contributed by atoms with Gasteiger partial charge < -0.3 is 5.11 Å². The second-order valence-electron chi connectivity index (χ2n) is 7.58. The van der Waals surface area contributed by atoms with Gasteiger partial charge in [-0.3, -0.25) is 0 Å². The molecule has 2 rings (SSSR count). The summed E-state index contributed by atoms with van der Waals surface area (Å²) in [6, 6.07) is 8.04. The average molecular weight is 317 g/mol. The minimum atomic E-state index is -0.914. The highest BCUT2D eigenvalue weighted by Crippen LogP contribution is 2.35.